The quantitative estimate of drug-likeness (QED) is 0.684. The third-order valence-electron chi connectivity index (χ3n) is 2.76. The molecule has 2 rings (SSSR count). The summed E-state index contributed by atoms with van der Waals surface area (Å²) in [6, 6.07) is 1.24. The van der Waals surface area contributed by atoms with Crippen LogP contribution in [-0.2, 0) is 6.54 Å². The van der Waals surface area contributed by atoms with Crippen LogP contribution in [0.3, 0.4) is 0 Å². The van der Waals surface area contributed by atoms with E-state index in [9.17, 15) is 9.59 Å². The first-order valence-electron chi connectivity index (χ1n) is 4.67. The van der Waals surface area contributed by atoms with Crippen LogP contribution in [0.1, 0.15) is 13.3 Å². The molecule has 0 aromatic carbocycles. The van der Waals surface area contributed by atoms with Crippen molar-refractivity contribution >= 4 is 5.82 Å². The molecule has 0 spiro atoms. The summed E-state index contributed by atoms with van der Waals surface area (Å²) in [5.74, 6) is 1.44. The zero-order chi connectivity index (χ0) is 10.3. The van der Waals surface area contributed by atoms with Gasteiger partial charge in [0.2, 0.25) is 0 Å². The highest BCUT2D eigenvalue weighted by molar-refractivity contribution is 5.26. The average Bonchev–Trinajstić information content (AvgIpc) is 2.74. The smallest absolute Gasteiger partial charge is 0.329 e. The van der Waals surface area contributed by atoms with Gasteiger partial charge in [0.15, 0.2) is 0 Å². The molecule has 3 N–H and O–H groups in total. The molecule has 1 aliphatic carbocycles. The van der Waals surface area contributed by atoms with E-state index in [1.165, 1.54) is 10.6 Å². The predicted molar refractivity (Wildman–Crippen MR) is 53.0 cm³/mol. The Hall–Kier alpha value is -1.52. The van der Waals surface area contributed by atoms with Gasteiger partial charge < -0.3 is 5.73 Å². The molecule has 1 heterocycles. The standard InChI is InChI=1S/C9H13N3O2/c1-5-2-6(5)4-12-7(10)3-8(13)11-9(12)14/h3,5-6H,2,4,10H2,1H3,(H,11,13,14). The lowest BCUT2D eigenvalue weighted by molar-refractivity contribution is 0.570. The average molecular weight is 195 g/mol. The van der Waals surface area contributed by atoms with Crippen molar-refractivity contribution in [2.75, 3.05) is 5.73 Å². The first-order valence-corrected chi connectivity index (χ1v) is 4.67. The molecule has 76 valence electrons. The number of anilines is 1. The van der Waals surface area contributed by atoms with E-state index in [0.29, 0.717) is 18.4 Å². The van der Waals surface area contributed by atoms with Gasteiger partial charge >= 0.3 is 5.69 Å². The lowest BCUT2D eigenvalue weighted by atomic mass is 10.3. The molecule has 5 heteroatoms. The van der Waals surface area contributed by atoms with Gasteiger partial charge in [-0.15, -0.1) is 0 Å². The minimum atomic E-state index is -0.437. The van der Waals surface area contributed by atoms with E-state index in [1.807, 2.05) is 0 Å². The van der Waals surface area contributed by atoms with Gasteiger partial charge in [-0.1, -0.05) is 6.92 Å². The van der Waals surface area contributed by atoms with Crippen molar-refractivity contribution in [2.24, 2.45) is 11.8 Å². The molecule has 0 bridgehead atoms. The van der Waals surface area contributed by atoms with Crippen molar-refractivity contribution in [1.29, 1.82) is 0 Å². The van der Waals surface area contributed by atoms with Crippen LogP contribution in [0.4, 0.5) is 5.82 Å². The number of hydrogen-bond acceptors (Lipinski definition) is 3. The minimum absolute atomic E-state index is 0.248. The Morgan fingerprint density at radius 2 is 2.29 bits per heavy atom. The molecule has 0 radical (unpaired) electrons. The van der Waals surface area contributed by atoms with Crippen molar-refractivity contribution < 1.29 is 0 Å². The van der Waals surface area contributed by atoms with Gasteiger partial charge in [-0.3, -0.25) is 14.3 Å². The zero-order valence-corrected chi connectivity index (χ0v) is 7.99. The fourth-order valence-electron chi connectivity index (χ4n) is 1.61. The minimum Gasteiger partial charge on any atom is -0.385 e. The third-order valence-corrected chi connectivity index (χ3v) is 2.76. The summed E-state index contributed by atoms with van der Waals surface area (Å²) in [6.07, 6.45) is 1.13. The monoisotopic (exact) mass is 195 g/mol. The fraction of sp³-hybridized carbons (Fsp3) is 0.556. The van der Waals surface area contributed by atoms with Gasteiger partial charge in [0.1, 0.15) is 5.82 Å². The molecule has 2 atom stereocenters. The third kappa shape index (κ3) is 1.57. The highest BCUT2D eigenvalue weighted by atomic mass is 16.2. The van der Waals surface area contributed by atoms with Crippen LogP contribution in [0.5, 0.6) is 0 Å². The largest absolute Gasteiger partial charge is 0.385 e. The Bertz CT molecular complexity index is 460. The maximum absolute atomic E-state index is 11.4. The molecule has 0 aliphatic heterocycles. The van der Waals surface area contributed by atoms with Gasteiger partial charge in [-0.2, -0.15) is 0 Å². The number of aromatic nitrogens is 2. The molecule has 2 unspecified atom stereocenters. The normalized spacial score (nSPS) is 24.9. The maximum Gasteiger partial charge on any atom is 0.329 e. The van der Waals surface area contributed by atoms with Crippen molar-refractivity contribution in [1.82, 2.24) is 9.55 Å². The van der Waals surface area contributed by atoms with Crippen molar-refractivity contribution in [2.45, 2.75) is 19.9 Å². The van der Waals surface area contributed by atoms with Crippen molar-refractivity contribution in [3.63, 3.8) is 0 Å². The fourth-order valence-corrected chi connectivity index (χ4v) is 1.61. The lowest BCUT2D eigenvalue weighted by Crippen LogP contribution is -2.31. The number of nitrogen functional groups attached to an aromatic ring is 1. The Balaban J connectivity index is 2.33. The van der Waals surface area contributed by atoms with Gasteiger partial charge in [0, 0.05) is 12.6 Å². The van der Waals surface area contributed by atoms with Gasteiger partial charge in [0.05, 0.1) is 0 Å². The molecule has 1 aliphatic rings. The first-order chi connectivity index (χ1) is 6.58. The first kappa shape index (κ1) is 9.05. The van der Waals surface area contributed by atoms with Crippen LogP contribution < -0.4 is 17.0 Å². The summed E-state index contributed by atoms with van der Waals surface area (Å²) < 4.78 is 1.43. The molecular formula is C9H13N3O2. The molecular weight excluding hydrogens is 182 g/mol. The number of rotatable bonds is 2. The summed E-state index contributed by atoms with van der Waals surface area (Å²) in [5.41, 5.74) is 4.74. The molecule has 1 saturated carbocycles. The van der Waals surface area contributed by atoms with E-state index < -0.39 is 11.2 Å². The Labute approximate surface area is 80.6 Å². The number of nitrogens with one attached hydrogen (secondary N) is 1. The van der Waals surface area contributed by atoms with Crippen LogP contribution in [0.2, 0.25) is 0 Å². The molecule has 1 aromatic rings. The molecule has 5 nitrogen and oxygen atoms in total. The van der Waals surface area contributed by atoms with E-state index in [4.69, 9.17) is 5.73 Å². The number of aromatic amines is 1. The Morgan fingerprint density at radius 3 is 2.79 bits per heavy atom. The molecule has 14 heavy (non-hydrogen) atoms. The van der Waals surface area contributed by atoms with Crippen LogP contribution in [-0.4, -0.2) is 9.55 Å². The molecule has 1 aromatic heterocycles. The summed E-state index contributed by atoms with van der Waals surface area (Å²) in [5, 5.41) is 0. The van der Waals surface area contributed by atoms with Crippen LogP contribution in [0.25, 0.3) is 0 Å². The second-order valence-corrected chi connectivity index (χ2v) is 3.95. The number of nitrogens with two attached hydrogens (primary N) is 1. The van der Waals surface area contributed by atoms with E-state index in [1.54, 1.807) is 0 Å². The van der Waals surface area contributed by atoms with Gasteiger partial charge in [0.25, 0.3) is 5.56 Å². The van der Waals surface area contributed by atoms with E-state index in [2.05, 4.69) is 11.9 Å². The second-order valence-electron chi connectivity index (χ2n) is 3.95. The van der Waals surface area contributed by atoms with E-state index in [-0.39, 0.29) is 5.82 Å². The summed E-state index contributed by atoms with van der Waals surface area (Å²) >= 11 is 0. The number of nitrogens with zero attached hydrogens (tertiary/aromatic N) is 1. The van der Waals surface area contributed by atoms with Gasteiger partial charge in [-0.25, -0.2) is 4.79 Å². The van der Waals surface area contributed by atoms with Crippen molar-refractivity contribution in [3.8, 4) is 0 Å². The summed E-state index contributed by atoms with van der Waals surface area (Å²) in [7, 11) is 0. The van der Waals surface area contributed by atoms with E-state index >= 15 is 0 Å². The Kier molecular flexibility index (Phi) is 1.94. The van der Waals surface area contributed by atoms with E-state index in [0.717, 1.165) is 6.42 Å². The SMILES string of the molecule is CC1CC1Cn1c(N)cc(=O)[nH]c1=O. The zero-order valence-electron chi connectivity index (χ0n) is 7.99. The topological polar surface area (TPSA) is 80.9 Å². The predicted octanol–water partition coefficient (Wildman–Crippen LogP) is -0.225. The van der Waals surface area contributed by atoms with Gasteiger partial charge in [-0.05, 0) is 18.3 Å². The maximum atomic E-state index is 11.4. The second kappa shape index (κ2) is 3.01. The lowest BCUT2D eigenvalue weighted by Gasteiger charge is -2.06. The molecule has 1 fully saturated rings. The number of hydrogen-bond donors (Lipinski definition) is 2. The van der Waals surface area contributed by atoms with Crippen LogP contribution >= 0.6 is 0 Å². The van der Waals surface area contributed by atoms with Crippen LogP contribution in [0.15, 0.2) is 15.7 Å². The Morgan fingerprint density at radius 1 is 1.64 bits per heavy atom. The molecule has 0 saturated heterocycles. The number of H-pyrrole nitrogens is 1. The van der Waals surface area contributed by atoms with Crippen LogP contribution in [0, 0.1) is 11.8 Å². The highest BCUT2D eigenvalue weighted by Crippen LogP contribution is 2.38. The highest BCUT2D eigenvalue weighted by Gasteiger charge is 2.33. The summed E-state index contributed by atoms with van der Waals surface area (Å²) in [6.45, 7) is 2.75. The summed E-state index contributed by atoms with van der Waals surface area (Å²) in [4.78, 5) is 24.4. The molecule has 0 amide bonds. The van der Waals surface area contributed by atoms with Crippen molar-refractivity contribution in [3.05, 3.63) is 26.9 Å².